The summed E-state index contributed by atoms with van der Waals surface area (Å²) in [5.74, 6) is 0.447. The molecule has 5 nitrogen and oxygen atoms in total. The van der Waals surface area contributed by atoms with Crippen molar-refractivity contribution < 1.29 is 9.53 Å². The maximum absolute atomic E-state index is 12.4. The molecule has 1 aromatic rings. The number of carbonyl (C=O) groups is 1. The molecule has 2 saturated heterocycles. The number of hydrogen-bond donors (Lipinski definition) is 2. The van der Waals surface area contributed by atoms with Gasteiger partial charge in [-0.05, 0) is 43.4 Å². The largest absolute Gasteiger partial charge is 0.381 e. The lowest BCUT2D eigenvalue weighted by atomic mass is 9.90. The number of carbonyl (C=O) groups excluding carboxylic acids is 1. The van der Waals surface area contributed by atoms with Crippen LogP contribution in [-0.4, -0.2) is 44.3 Å². The van der Waals surface area contributed by atoms with Gasteiger partial charge in [-0.1, -0.05) is 22.0 Å². The van der Waals surface area contributed by atoms with Crippen LogP contribution in [-0.2, 0) is 9.53 Å². The highest BCUT2D eigenvalue weighted by Gasteiger charge is 2.36. The first-order chi connectivity index (χ1) is 11.1. The van der Waals surface area contributed by atoms with Crippen LogP contribution in [0.1, 0.15) is 19.3 Å². The summed E-state index contributed by atoms with van der Waals surface area (Å²) in [7, 11) is 0. The van der Waals surface area contributed by atoms with Crippen LogP contribution in [0.25, 0.3) is 0 Å². The van der Waals surface area contributed by atoms with E-state index in [0.29, 0.717) is 38.5 Å². The van der Waals surface area contributed by atoms with E-state index in [-0.39, 0.29) is 5.91 Å². The van der Waals surface area contributed by atoms with Crippen molar-refractivity contribution in [2.75, 3.05) is 37.7 Å². The number of anilines is 1. The van der Waals surface area contributed by atoms with Gasteiger partial charge in [0.2, 0.25) is 5.91 Å². The molecule has 2 aliphatic heterocycles. The molecule has 0 aliphatic carbocycles. The molecule has 0 radical (unpaired) electrons. The first-order valence-corrected chi connectivity index (χ1v) is 9.01. The van der Waals surface area contributed by atoms with E-state index in [1.54, 1.807) is 0 Å². The lowest BCUT2D eigenvalue weighted by molar-refractivity contribution is -0.129. The number of nitrogens with one attached hydrogen (secondary N) is 1. The zero-order valence-corrected chi connectivity index (χ0v) is 14.8. The van der Waals surface area contributed by atoms with Gasteiger partial charge in [0.25, 0.3) is 0 Å². The average molecular weight is 382 g/mol. The summed E-state index contributed by atoms with van der Waals surface area (Å²) in [4.78, 5) is 14.7. The number of nitrogens with two attached hydrogens (primary N) is 1. The summed E-state index contributed by atoms with van der Waals surface area (Å²) >= 11 is 3.52. The van der Waals surface area contributed by atoms with Gasteiger partial charge in [0.15, 0.2) is 0 Å². The maximum Gasteiger partial charge on any atom is 0.240 e. The van der Waals surface area contributed by atoms with E-state index in [0.717, 1.165) is 24.0 Å². The Labute approximate surface area is 145 Å². The summed E-state index contributed by atoms with van der Waals surface area (Å²) in [5, 5.41) is 3.06. The van der Waals surface area contributed by atoms with Gasteiger partial charge in [0, 0.05) is 43.0 Å². The second kappa shape index (κ2) is 7.20. The van der Waals surface area contributed by atoms with Crippen molar-refractivity contribution in [2.45, 2.75) is 24.8 Å². The quantitative estimate of drug-likeness (QED) is 0.835. The molecule has 6 heteroatoms. The minimum Gasteiger partial charge on any atom is -0.381 e. The van der Waals surface area contributed by atoms with Crippen LogP contribution in [0.2, 0.25) is 0 Å². The lowest BCUT2D eigenvalue weighted by Crippen LogP contribution is -2.57. The third-order valence-electron chi connectivity index (χ3n) is 4.85. The summed E-state index contributed by atoms with van der Waals surface area (Å²) in [6.45, 7) is 3.84. The Morgan fingerprint density at radius 2 is 2.22 bits per heavy atom. The molecule has 0 saturated carbocycles. The molecule has 2 aliphatic rings. The number of benzene rings is 1. The Kier molecular flexibility index (Phi) is 5.24. The van der Waals surface area contributed by atoms with Crippen LogP contribution in [0.15, 0.2) is 28.7 Å². The fraction of sp³-hybridized carbons (Fsp3) is 0.588. The SMILES string of the molecule is NC1(C(=O)NCC2CCN(c3cccc(Br)c3)C2)CCOCC1. The fourth-order valence-electron chi connectivity index (χ4n) is 3.28. The van der Waals surface area contributed by atoms with Crippen LogP contribution in [0.5, 0.6) is 0 Å². The number of nitrogens with zero attached hydrogens (tertiary/aromatic N) is 1. The van der Waals surface area contributed by atoms with Crippen molar-refractivity contribution in [3.8, 4) is 0 Å². The monoisotopic (exact) mass is 381 g/mol. The highest BCUT2D eigenvalue weighted by atomic mass is 79.9. The molecule has 23 heavy (non-hydrogen) atoms. The molecule has 1 aromatic carbocycles. The molecule has 0 aromatic heterocycles. The van der Waals surface area contributed by atoms with Gasteiger partial charge in [-0.2, -0.15) is 0 Å². The third-order valence-corrected chi connectivity index (χ3v) is 5.34. The molecule has 1 atom stereocenters. The highest BCUT2D eigenvalue weighted by Crippen LogP contribution is 2.26. The summed E-state index contributed by atoms with van der Waals surface area (Å²) in [6, 6.07) is 8.35. The van der Waals surface area contributed by atoms with Crippen molar-refractivity contribution in [3.05, 3.63) is 28.7 Å². The van der Waals surface area contributed by atoms with Crippen molar-refractivity contribution in [2.24, 2.45) is 11.7 Å². The molecule has 3 N–H and O–H groups in total. The molecule has 0 bridgehead atoms. The van der Waals surface area contributed by atoms with E-state index in [1.165, 1.54) is 5.69 Å². The van der Waals surface area contributed by atoms with Gasteiger partial charge in [0.05, 0.1) is 5.54 Å². The Morgan fingerprint density at radius 1 is 1.43 bits per heavy atom. The molecule has 1 unspecified atom stereocenters. The molecular weight excluding hydrogens is 358 g/mol. The van der Waals surface area contributed by atoms with Crippen LogP contribution >= 0.6 is 15.9 Å². The standard InChI is InChI=1S/C17H24BrN3O2/c18-14-2-1-3-15(10-14)21-7-4-13(12-21)11-20-16(22)17(19)5-8-23-9-6-17/h1-3,10,13H,4-9,11-12,19H2,(H,20,22). The second-order valence-electron chi connectivity index (χ2n) is 6.56. The third kappa shape index (κ3) is 4.05. The number of ether oxygens (including phenoxy) is 1. The predicted octanol–water partition coefficient (Wildman–Crippen LogP) is 1.90. The van der Waals surface area contributed by atoms with Crippen molar-refractivity contribution in [1.82, 2.24) is 5.32 Å². The van der Waals surface area contributed by atoms with Gasteiger partial charge < -0.3 is 20.7 Å². The van der Waals surface area contributed by atoms with Crippen molar-refractivity contribution in [3.63, 3.8) is 0 Å². The van der Waals surface area contributed by atoms with E-state index in [1.807, 2.05) is 6.07 Å². The van der Waals surface area contributed by atoms with Crippen LogP contribution < -0.4 is 16.0 Å². The Balaban J connectivity index is 1.49. The second-order valence-corrected chi connectivity index (χ2v) is 7.47. The number of amides is 1. The maximum atomic E-state index is 12.4. The minimum absolute atomic E-state index is 0.0262. The predicted molar refractivity (Wildman–Crippen MR) is 94.4 cm³/mol. The fourth-order valence-corrected chi connectivity index (χ4v) is 3.67. The molecule has 126 valence electrons. The number of halogens is 1. The Bertz CT molecular complexity index is 561. The highest BCUT2D eigenvalue weighted by molar-refractivity contribution is 9.10. The Morgan fingerprint density at radius 3 is 2.96 bits per heavy atom. The molecule has 3 rings (SSSR count). The van der Waals surface area contributed by atoms with E-state index in [2.05, 4.69) is 44.3 Å². The van der Waals surface area contributed by atoms with Crippen molar-refractivity contribution >= 4 is 27.5 Å². The normalized spacial score (nSPS) is 23.7. The van der Waals surface area contributed by atoms with E-state index >= 15 is 0 Å². The first-order valence-electron chi connectivity index (χ1n) is 8.22. The Hall–Kier alpha value is -1.11. The van der Waals surface area contributed by atoms with E-state index in [9.17, 15) is 4.79 Å². The smallest absolute Gasteiger partial charge is 0.240 e. The molecule has 2 heterocycles. The summed E-state index contributed by atoms with van der Waals surface area (Å²) in [5.41, 5.74) is 6.70. The van der Waals surface area contributed by atoms with E-state index in [4.69, 9.17) is 10.5 Å². The zero-order valence-electron chi connectivity index (χ0n) is 13.3. The van der Waals surface area contributed by atoms with Crippen molar-refractivity contribution in [1.29, 1.82) is 0 Å². The van der Waals surface area contributed by atoms with Crippen LogP contribution in [0.4, 0.5) is 5.69 Å². The molecular formula is C17H24BrN3O2. The van der Waals surface area contributed by atoms with Gasteiger partial charge in [-0.3, -0.25) is 4.79 Å². The van der Waals surface area contributed by atoms with Crippen LogP contribution in [0, 0.1) is 5.92 Å². The van der Waals surface area contributed by atoms with Gasteiger partial charge in [0.1, 0.15) is 0 Å². The zero-order chi connectivity index (χ0) is 16.3. The van der Waals surface area contributed by atoms with Crippen LogP contribution in [0.3, 0.4) is 0 Å². The lowest BCUT2D eigenvalue weighted by Gasteiger charge is -2.32. The molecule has 1 amide bonds. The van der Waals surface area contributed by atoms with Gasteiger partial charge >= 0.3 is 0 Å². The summed E-state index contributed by atoms with van der Waals surface area (Å²) in [6.07, 6.45) is 2.30. The molecule has 0 spiro atoms. The van der Waals surface area contributed by atoms with Gasteiger partial charge in [-0.15, -0.1) is 0 Å². The number of hydrogen-bond acceptors (Lipinski definition) is 4. The average Bonchev–Trinajstić information content (AvgIpc) is 3.02. The number of rotatable bonds is 4. The summed E-state index contributed by atoms with van der Waals surface area (Å²) < 4.78 is 6.39. The molecule has 2 fully saturated rings. The van der Waals surface area contributed by atoms with E-state index < -0.39 is 5.54 Å². The van der Waals surface area contributed by atoms with Gasteiger partial charge in [-0.25, -0.2) is 0 Å². The first kappa shape index (κ1) is 16.7. The minimum atomic E-state index is -0.749. The topological polar surface area (TPSA) is 67.6 Å².